The van der Waals surface area contributed by atoms with Crippen LogP contribution in [0, 0.1) is 0 Å². The van der Waals surface area contributed by atoms with Crippen molar-refractivity contribution < 1.29 is 22.8 Å². The molecule has 1 saturated heterocycles. The van der Waals surface area contributed by atoms with Crippen molar-refractivity contribution in [3.05, 3.63) is 59.7 Å². The third-order valence-corrected chi connectivity index (χ3v) is 5.94. The smallest absolute Gasteiger partial charge is 0.369 e. The van der Waals surface area contributed by atoms with E-state index in [0.29, 0.717) is 37.8 Å². The number of para-hydroxylation sites is 1. The fourth-order valence-electron chi connectivity index (χ4n) is 4.17. The maximum Gasteiger partial charge on any atom is 0.418 e. The molecule has 1 aliphatic heterocycles. The lowest BCUT2D eigenvalue weighted by Crippen LogP contribution is -2.50. The second-order valence-corrected chi connectivity index (χ2v) is 8.59. The van der Waals surface area contributed by atoms with Gasteiger partial charge in [0.25, 0.3) is 5.91 Å². The van der Waals surface area contributed by atoms with Gasteiger partial charge in [0, 0.05) is 50.0 Å². The molecule has 0 radical (unpaired) electrons. The van der Waals surface area contributed by atoms with Crippen molar-refractivity contribution in [3.8, 4) is 0 Å². The SMILES string of the molecule is CCN(c1ccc(C(=O)N2CCN(CC(=O)Nc3ccccc3C(F)(F)F)CC2)cc1)C(C)C. The summed E-state index contributed by atoms with van der Waals surface area (Å²) in [6, 6.07) is 12.8. The van der Waals surface area contributed by atoms with Crippen LogP contribution in [0.15, 0.2) is 48.5 Å². The highest BCUT2D eigenvalue weighted by molar-refractivity contribution is 5.95. The molecule has 0 unspecified atom stereocenters. The van der Waals surface area contributed by atoms with Crippen molar-refractivity contribution in [2.75, 3.05) is 49.5 Å². The lowest BCUT2D eigenvalue weighted by molar-refractivity contribution is -0.137. The Morgan fingerprint density at radius 2 is 1.62 bits per heavy atom. The fourth-order valence-corrected chi connectivity index (χ4v) is 4.17. The number of hydrogen-bond donors (Lipinski definition) is 1. The Morgan fingerprint density at radius 1 is 1.00 bits per heavy atom. The lowest BCUT2D eigenvalue weighted by Gasteiger charge is -2.34. The number of nitrogens with zero attached hydrogens (tertiary/aromatic N) is 3. The lowest BCUT2D eigenvalue weighted by atomic mass is 10.1. The molecule has 0 bridgehead atoms. The molecule has 2 amide bonds. The summed E-state index contributed by atoms with van der Waals surface area (Å²) < 4.78 is 39.4. The van der Waals surface area contributed by atoms with Crippen LogP contribution in [0.2, 0.25) is 0 Å². The van der Waals surface area contributed by atoms with Crippen LogP contribution in [0.1, 0.15) is 36.7 Å². The summed E-state index contributed by atoms with van der Waals surface area (Å²) in [6.07, 6.45) is -4.54. The van der Waals surface area contributed by atoms with Crippen LogP contribution in [-0.2, 0) is 11.0 Å². The van der Waals surface area contributed by atoms with Crippen LogP contribution in [0.4, 0.5) is 24.5 Å². The number of rotatable bonds is 7. The van der Waals surface area contributed by atoms with E-state index < -0.39 is 17.6 Å². The molecule has 6 nitrogen and oxygen atoms in total. The largest absolute Gasteiger partial charge is 0.418 e. The first-order valence-electron chi connectivity index (χ1n) is 11.4. The van der Waals surface area contributed by atoms with Crippen molar-refractivity contribution in [1.29, 1.82) is 0 Å². The summed E-state index contributed by atoms with van der Waals surface area (Å²) in [5.74, 6) is -0.583. The van der Waals surface area contributed by atoms with Gasteiger partial charge in [0.2, 0.25) is 5.91 Å². The Kier molecular flexibility index (Phi) is 8.19. The van der Waals surface area contributed by atoms with Gasteiger partial charge in [-0.1, -0.05) is 12.1 Å². The van der Waals surface area contributed by atoms with E-state index in [1.165, 1.54) is 18.2 Å². The maximum atomic E-state index is 13.1. The van der Waals surface area contributed by atoms with Gasteiger partial charge in [-0.05, 0) is 57.2 Å². The van der Waals surface area contributed by atoms with Gasteiger partial charge >= 0.3 is 6.18 Å². The molecule has 1 aliphatic rings. The van der Waals surface area contributed by atoms with E-state index in [-0.39, 0.29) is 18.1 Å². The number of anilines is 2. The van der Waals surface area contributed by atoms with E-state index >= 15 is 0 Å². The van der Waals surface area contributed by atoms with Crippen LogP contribution in [0.3, 0.4) is 0 Å². The van der Waals surface area contributed by atoms with Gasteiger partial charge < -0.3 is 15.1 Å². The van der Waals surface area contributed by atoms with Gasteiger partial charge in [-0.25, -0.2) is 0 Å². The number of carbonyl (C=O) groups is 2. The van der Waals surface area contributed by atoms with Gasteiger partial charge in [-0.15, -0.1) is 0 Å². The number of piperazine rings is 1. The molecule has 34 heavy (non-hydrogen) atoms. The summed E-state index contributed by atoms with van der Waals surface area (Å²) in [4.78, 5) is 31.1. The molecule has 184 valence electrons. The van der Waals surface area contributed by atoms with Crippen molar-refractivity contribution >= 4 is 23.2 Å². The Bertz CT molecular complexity index is 984. The molecule has 1 fully saturated rings. The highest BCUT2D eigenvalue weighted by Gasteiger charge is 2.33. The maximum absolute atomic E-state index is 13.1. The number of nitrogens with one attached hydrogen (secondary N) is 1. The van der Waals surface area contributed by atoms with Gasteiger partial charge in [-0.2, -0.15) is 13.2 Å². The minimum absolute atomic E-state index is 0.0367. The van der Waals surface area contributed by atoms with Gasteiger partial charge in [0.05, 0.1) is 17.8 Å². The molecule has 1 heterocycles. The Morgan fingerprint density at radius 3 is 2.18 bits per heavy atom. The Balaban J connectivity index is 1.53. The van der Waals surface area contributed by atoms with Crippen LogP contribution in [-0.4, -0.2) is 66.9 Å². The fraction of sp³-hybridized carbons (Fsp3) is 0.440. The zero-order chi connectivity index (χ0) is 24.9. The number of amides is 2. The molecule has 2 aromatic carbocycles. The van der Waals surface area contributed by atoms with Crippen LogP contribution in [0.5, 0.6) is 0 Å². The van der Waals surface area contributed by atoms with Crippen molar-refractivity contribution in [3.63, 3.8) is 0 Å². The van der Waals surface area contributed by atoms with Crippen molar-refractivity contribution in [2.24, 2.45) is 0 Å². The first kappa shape index (κ1) is 25.6. The van der Waals surface area contributed by atoms with Crippen LogP contribution in [0.25, 0.3) is 0 Å². The minimum Gasteiger partial charge on any atom is -0.369 e. The number of benzene rings is 2. The summed E-state index contributed by atoms with van der Waals surface area (Å²) >= 11 is 0. The molecule has 0 aromatic heterocycles. The minimum atomic E-state index is -4.54. The summed E-state index contributed by atoms with van der Waals surface area (Å²) in [5.41, 5.74) is 0.548. The quantitative estimate of drug-likeness (QED) is 0.646. The first-order valence-corrected chi connectivity index (χ1v) is 11.4. The van der Waals surface area contributed by atoms with Crippen molar-refractivity contribution in [2.45, 2.75) is 33.0 Å². The third-order valence-electron chi connectivity index (χ3n) is 5.94. The standard InChI is InChI=1S/C25H31F3N4O2/c1-4-32(18(2)3)20-11-9-19(10-12-20)24(34)31-15-13-30(14-16-31)17-23(33)29-22-8-6-5-7-21(22)25(26,27)28/h5-12,18H,4,13-17H2,1-3H3,(H,29,33). The highest BCUT2D eigenvalue weighted by Crippen LogP contribution is 2.34. The van der Waals surface area contributed by atoms with E-state index in [2.05, 4.69) is 31.0 Å². The predicted octanol–water partition coefficient (Wildman–Crippen LogP) is 4.34. The van der Waals surface area contributed by atoms with E-state index in [4.69, 9.17) is 0 Å². The van der Waals surface area contributed by atoms with E-state index in [1.807, 2.05) is 29.2 Å². The monoisotopic (exact) mass is 476 g/mol. The molecule has 2 aromatic rings. The molecule has 0 spiro atoms. The zero-order valence-corrected chi connectivity index (χ0v) is 19.7. The molecule has 3 rings (SSSR count). The average molecular weight is 477 g/mol. The second kappa shape index (κ2) is 10.9. The molecule has 0 atom stereocenters. The average Bonchev–Trinajstić information content (AvgIpc) is 2.79. The summed E-state index contributed by atoms with van der Waals surface area (Å²) in [5, 5.41) is 2.37. The van der Waals surface area contributed by atoms with E-state index in [9.17, 15) is 22.8 Å². The topological polar surface area (TPSA) is 55.9 Å². The number of carbonyl (C=O) groups excluding carboxylic acids is 2. The van der Waals surface area contributed by atoms with Crippen LogP contribution < -0.4 is 10.2 Å². The molecule has 1 N–H and O–H groups in total. The zero-order valence-electron chi connectivity index (χ0n) is 19.7. The Labute approximate surface area is 198 Å². The normalized spacial score (nSPS) is 14.9. The molecule has 9 heteroatoms. The van der Waals surface area contributed by atoms with Gasteiger partial charge in [0.15, 0.2) is 0 Å². The van der Waals surface area contributed by atoms with Gasteiger partial charge in [-0.3, -0.25) is 14.5 Å². The second-order valence-electron chi connectivity index (χ2n) is 8.59. The first-order chi connectivity index (χ1) is 16.1. The number of alkyl halides is 3. The summed E-state index contributed by atoms with van der Waals surface area (Å²) in [6.45, 7) is 9.00. The molecular formula is C25H31F3N4O2. The number of hydrogen-bond acceptors (Lipinski definition) is 4. The molecular weight excluding hydrogens is 445 g/mol. The third kappa shape index (κ3) is 6.28. The van der Waals surface area contributed by atoms with Crippen molar-refractivity contribution in [1.82, 2.24) is 9.80 Å². The van der Waals surface area contributed by atoms with Crippen LogP contribution >= 0.6 is 0 Å². The highest BCUT2D eigenvalue weighted by atomic mass is 19.4. The van der Waals surface area contributed by atoms with E-state index in [1.54, 1.807) is 4.90 Å². The Hall–Kier alpha value is -3.07. The van der Waals surface area contributed by atoms with Gasteiger partial charge in [0.1, 0.15) is 0 Å². The molecule has 0 aliphatic carbocycles. The summed E-state index contributed by atoms with van der Waals surface area (Å²) in [7, 11) is 0. The molecule has 0 saturated carbocycles. The van der Waals surface area contributed by atoms with E-state index in [0.717, 1.165) is 18.3 Å². The number of halogens is 3. The predicted molar refractivity (Wildman–Crippen MR) is 127 cm³/mol.